The minimum atomic E-state index is -0.470. The zero-order valence-corrected chi connectivity index (χ0v) is 13.4. The van der Waals surface area contributed by atoms with Crippen LogP contribution in [0.2, 0.25) is 0 Å². The number of hydrogen-bond donors (Lipinski definition) is 0. The van der Waals surface area contributed by atoms with Gasteiger partial charge in [-0.05, 0) is 62.5 Å². The molecule has 6 heteroatoms. The van der Waals surface area contributed by atoms with E-state index in [1.165, 1.54) is 30.7 Å². The number of rotatable bonds is 3. The number of benzene rings is 1. The normalized spacial score (nSPS) is 37.6. The van der Waals surface area contributed by atoms with Gasteiger partial charge in [-0.2, -0.15) is 0 Å². The summed E-state index contributed by atoms with van der Waals surface area (Å²) in [5.74, 6) is 1.20. The first-order chi connectivity index (χ1) is 10.9. The first-order valence-electron chi connectivity index (χ1n) is 8.03. The van der Waals surface area contributed by atoms with Crippen LogP contribution in [0.4, 0.5) is 5.69 Å². The summed E-state index contributed by atoms with van der Waals surface area (Å²) in [6.45, 7) is 0. The van der Waals surface area contributed by atoms with Gasteiger partial charge in [0.25, 0.3) is 5.69 Å². The van der Waals surface area contributed by atoms with E-state index in [1.807, 2.05) is 0 Å². The topological polar surface area (TPSA) is 69.4 Å². The molecule has 5 rings (SSSR count). The smallest absolute Gasteiger partial charge is 0.317 e. The van der Waals surface area contributed by atoms with Gasteiger partial charge in [-0.25, -0.2) is 0 Å². The van der Waals surface area contributed by atoms with Gasteiger partial charge in [-0.1, -0.05) is 0 Å². The largest absolute Gasteiger partial charge is 0.426 e. The molecular weight excluding hydrogens is 318 g/mol. The zero-order chi connectivity index (χ0) is 16.2. The molecule has 0 saturated heterocycles. The lowest BCUT2D eigenvalue weighted by Crippen LogP contribution is -2.56. The summed E-state index contributed by atoms with van der Waals surface area (Å²) in [7, 11) is 0. The van der Waals surface area contributed by atoms with Crippen molar-refractivity contribution in [3.63, 3.8) is 0 Å². The monoisotopic (exact) mass is 335 g/mol. The summed E-state index contributed by atoms with van der Waals surface area (Å²) in [5, 5.41) is 10.7. The second-order valence-electron chi connectivity index (χ2n) is 7.53. The minimum absolute atomic E-state index is 0.0145. The number of hydrogen-bond acceptors (Lipinski definition) is 4. The quantitative estimate of drug-likeness (QED) is 0.274. The van der Waals surface area contributed by atoms with Crippen LogP contribution < -0.4 is 4.74 Å². The van der Waals surface area contributed by atoms with Gasteiger partial charge in [-0.3, -0.25) is 14.9 Å². The highest BCUT2D eigenvalue weighted by Crippen LogP contribution is 2.64. The van der Waals surface area contributed by atoms with Crippen molar-refractivity contribution in [2.45, 2.75) is 43.4 Å². The van der Waals surface area contributed by atoms with Crippen molar-refractivity contribution in [1.29, 1.82) is 0 Å². The number of carbonyl (C=O) groups is 1. The van der Waals surface area contributed by atoms with Crippen molar-refractivity contribution in [2.75, 3.05) is 0 Å². The molecule has 4 bridgehead atoms. The molecule has 4 fully saturated rings. The van der Waals surface area contributed by atoms with Crippen molar-refractivity contribution < 1.29 is 14.5 Å². The Bertz CT molecular complexity index is 658. The average molecular weight is 336 g/mol. The molecule has 0 radical (unpaired) electrons. The number of nitro benzene ring substituents is 1. The fourth-order valence-corrected chi connectivity index (χ4v) is 5.93. The van der Waals surface area contributed by atoms with Crippen molar-refractivity contribution in [3.05, 3.63) is 34.4 Å². The molecule has 2 atom stereocenters. The maximum atomic E-state index is 12.8. The number of nitrogens with zero attached hydrogens (tertiary/aromatic N) is 1. The Morgan fingerprint density at radius 2 is 1.78 bits per heavy atom. The van der Waals surface area contributed by atoms with E-state index in [-0.39, 0.29) is 16.5 Å². The number of esters is 1. The van der Waals surface area contributed by atoms with Crippen LogP contribution in [-0.2, 0) is 4.79 Å². The highest BCUT2D eigenvalue weighted by Gasteiger charge is 2.60. The Morgan fingerprint density at radius 1 is 1.17 bits per heavy atom. The molecule has 4 aliphatic rings. The van der Waals surface area contributed by atoms with Crippen LogP contribution in [0.5, 0.6) is 5.75 Å². The Kier molecular flexibility index (Phi) is 3.21. The average Bonchev–Trinajstić information content (AvgIpc) is 2.45. The fraction of sp³-hybridized carbons (Fsp3) is 0.588. The van der Waals surface area contributed by atoms with Gasteiger partial charge < -0.3 is 4.74 Å². The lowest BCUT2D eigenvalue weighted by Gasteiger charge is -2.58. The van der Waals surface area contributed by atoms with Gasteiger partial charge in [0.15, 0.2) is 0 Å². The third kappa shape index (κ3) is 2.51. The van der Waals surface area contributed by atoms with Gasteiger partial charge in [0.1, 0.15) is 5.75 Å². The number of non-ortho nitro benzene ring substituents is 1. The summed E-state index contributed by atoms with van der Waals surface area (Å²) in [5.41, 5.74) is -0.479. The molecular formula is C17H18ClNO4. The second-order valence-corrected chi connectivity index (χ2v) is 8.33. The predicted octanol–water partition coefficient (Wildman–Crippen LogP) is 4.08. The Hall–Kier alpha value is -1.62. The molecule has 122 valence electrons. The third-order valence-corrected chi connectivity index (χ3v) is 6.12. The van der Waals surface area contributed by atoms with Crippen LogP contribution in [0.1, 0.15) is 38.5 Å². The molecule has 4 saturated carbocycles. The SMILES string of the molecule is O=C(Oc1ccc([N+](=O)[O-])cc1)C12CC3CC(CC(Cl)(C3)C1)C2. The van der Waals surface area contributed by atoms with E-state index in [9.17, 15) is 14.9 Å². The third-order valence-electron chi connectivity index (χ3n) is 5.68. The van der Waals surface area contributed by atoms with Crippen LogP contribution in [0.15, 0.2) is 24.3 Å². The molecule has 4 aliphatic carbocycles. The highest BCUT2D eigenvalue weighted by molar-refractivity contribution is 6.24. The van der Waals surface area contributed by atoms with Gasteiger partial charge in [-0.15, -0.1) is 11.6 Å². The Labute approximate surface area is 139 Å². The number of carbonyl (C=O) groups excluding carboxylic acids is 1. The molecule has 5 nitrogen and oxygen atoms in total. The molecule has 0 aliphatic heterocycles. The van der Waals surface area contributed by atoms with E-state index in [1.54, 1.807) is 0 Å². The van der Waals surface area contributed by atoms with E-state index in [0.717, 1.165) is 25.7 Å². The summed E-state index contributed by atoms with van der Waals surface area (Å²) >= 11 is 6.74. The number of nitro groups is 1. The van der Waals surface area contributed by atoms with Crippen LogP contribution in [0.25, 0.3) is 0 Å². The van der Waals surface area contributed by atoms with E-state index < -0.39 is 10.3 Å². The number of halogens is 1. The fourth-order valence-electron chi connectivity index (χ4n) is 5.24. The molecule has 2 unspecified atom stereocenters. The first-order valence-corrected chi connectivity index (χ1v) is 8.41. The van der Waals surface area contributed by atoms with Gasteiger partial charge in [0.05, 0.1) is 10.3 Å². The van der Waals surface area contributed by atoms with Crippen molar-refractivity contribution in [3.8, 4) is 5.75 Å². The van der Waals surface area contributed by atoms with E-state index in [0.29, 0.717) is 24.0 Å². The minimum Gasteiger partial charge on any atom is -0.426 e. The van der Waals surface area contributed by atoms with Gasteiger partial charge in [0, 0.05) is 17.0 Å². The molecule has 0 amide bonds. The van der Waals surface area contributed by atoms with Crippen LogP contribution in [0.3, 0.4) is 0 Å². The molecule has 1 aromatic rings. The van der Waals surface area contributed by atoms with E-state index >= 15 is 0 Å². The van der Waals surface area contributed by atoms with E-state index in [4.69, 9.17) is 16.3 Å². The zero-order valence-electron chi connectivity index (χ0n) is 12.7. The van der Waals surface area contributed by atoms with Crippen LogP contribution in [-0.4, -0.2) is 15.8 Å². The van der Waals surface area contributed by atoms with Gasteiger partial charge >= 0.3 is 5.97 Å². The first kappa shape index (κ1) is 14.9. The molecule has 0 aromatic heterocycles. The van der Waals surface area contributed by atoms with Gasteiger partial charge in [0.2, 0.25) is 0 Å². The summed E-state index contributed by atoms with van der Waals surface area (Å²) < 4.78 is 5.56. The highest BCUT2D eigenvalue weighted by atomic mass is 35.5. The number of ether oxygens (including phenoxy) is 1. The van der Waals surface area contributed by atoms with Crippen molar-refractivity contribution in [1.82, 2.24) is 0 Å². The Morgan fingerprint density at radius 3 is 2.30 bits per heavy atom. The number of alkyl halides is 1. The molecule has 23 heavy (non-hydrogen) atoms. The van der Waals surface area contributed by atoms with Crippen molar-refractivity contribution in [2.24, 2.45) is 17.3 Å². The summed E-state index contributed by atoms with van der Waals surface area (Å²) in [6, 6.07) is 5.66. The maximum Gasteiger partial charge on any atom is 0.317 e. The van der Waals surface area contributed by atoms with Crippen LogP contribution in [0, 0.1) is 27.4 Å². The van der Waals surface area contributed by atoms with Crippen molar-refractivity contribution >= 4 is 23.3 Å². The lowest BCUT2D eigenvalue weighted by molar-refractivity contribution is -0.384. The summed E-state index contributed by atoms with van der Waals surface area (Å²) in [4.78, 5) is 22.8. The van der Waals surface area contributed by atoms with E-state index in [2.05, 4.69) is 0 Å². The lowest BCUT2D eigenvalue weighted by atomic mass is 9.49. The Balaban J connectivity index is 1.54. The predicted molar refractivity (Wildman–Crippen MR) is 84.4 cm³/mol. The standard InChI is InChI=1S/C17H18ClNO4/c18-17-8-11-5-12(9-17)7-16(6-11,10-17)15(20)23-14-3-1-13(2-4-14)19(21)22/h1-4,11-12H,5-10H2. The second kappa shape index (κ2) is 4.94. The van der Waals surface area contributed by atoms with Crippen LogP contribution >= 0.6 is 11.6 Å². The molecule has 1 aromatic carbocycles. The molecule has 0 N–H and O–H groups in total. The summed E-state index contributed by atoms with van der Waals surface area (Å²) in [6.07, 6.45) is 5.63. The molecule has 0 heterocycles. The maximum absolute atomic E-state index is 12.8. The molecule has 0 spiro atoms.